The number of hydrogen-bond donors (Lipinski definition) is 5. The van der Waals surface area contributed by atoms with Crippen LogP contribution in [0.2, 0.25) is 0 Å². The van der Waals surface area contributed by atoms with Gasteiger partial charge in [0, 0.05) is 82.2 Å². The van der Waals surface area contributed by atoms with Crippen molar-refractivity contribution in [2.45, 2.75) is 82.6 Å². The third-order valence-corrected chi connectivity index (χ3v) is 12.4. The van der Waals surface area contributed by atoms with E-state index in [9.17, 15) is 90.0 Å². The molecular weight excluding hydrogens is 1160 g/mol. The van der Waals surface area contributed by atoms with E-state index in [1.807, 2.05) is 32.1 Å². The van der Waals surface area contributed by atoms with Crippen molar-refractivity contribution >= 4 is 70.9 Å². The van der Waals surface area contributed by atoms with Gasteiger partial charge in [0.2, 0.25) is 11.7 Å². The van der Waals surface area contributed by atoms with Gasteiger partial charge in [-0.2, -0.15) is 21.0 Å². The maximum atomic E-state index is 12.2. The van der Waals surface area contributed by atoms with Crippen LogP contribution >= 0.6 is 0 Å². The molecule has 472 valence electrons. The smallest absolute Gasteiger partial charge is 0.315 e. The van der Waals surface area contributed by atoms with Gasteiger partial charge in [0.05, 0.1) is 25.8 Å². The summed E-state index contributed by atoms with van der Waals surface area (Å²) in [4.78, 5) is 104. The van der Waals surface area contributed by atoms with E-state index in [2.05, 4.69) is 0 Å². The van der Waals surface area contributed by atoms with Crippen LogP contribution in [0.1, 0.15) is 106 Å². The number of carbonyl (C=O) groups excluding carboxylic acids is 5. The molecular formula is C59H68N12O18. The van der Waals surface area contributed by atoms with E-state index in [0.29, 0.717) is 86.5 Å². The Kier molecular flexibility index (Phi) is 33.2. The van der Waals surface area contributed by atoms with Crippen molar-refractivity contribution in [1.82, 2.24) is 19.6 Å². The van der Waals surface area contributed by atoms with E-state index in [1.54, 1.807) is 52.5 Å². The van der Waals surface area contributed by atoms with Crippen LogP contribution in [0, 0.1) is 107 Å². The quantitative estimate of drug-likeness (QED) is 0.0138. The average Bonchev–Trinajstić information content (AvgIpc) is 1.46. The van der Waals surface area contributed by atoms with E-state index >= 15 is 0 Å². The highest BCUT2D eigenvalue weighted by atomic mass is 16.6. The predicted molar refractivity (Wildman–Crippen MR) is 323 cm³/mol. The zero-order valence-electron chi connectivity index (χ0n) is 50.7. The number of aryl methyl sites for hydroxylation is 3. The standard InChI is InChI=1S/2C15H17N3O4.C14H15N3O5.C8H7NO4.C7H12N2O/c2*1-4-17(5-2)15(20)12(9-16)7-11-6-10(3)14(19)13(8-11)18(21)22;1-3-16(4-2)14(20)10(8-15)5-9-6-11(17(21)22)13(19)12(18)7-9;1-5-2-6(4-10)3-7(8(5)11)9(12)13;1-3-9(4-2)7(10)5-6-8/h2*6-8,19H,4-5H2,1-3H3;5-7,18-19H,3-4H2,1-2H3;2-4,11H,1H3;3-5H2,1-2H3/b2*12-7-;10-5-;;. The van der Waals surface area contributed by atoms with Gasteiger partial charge in [0.25, 0.3) is 17.7 Å². The largest absolute Gasteiger partial charge is 0.504 e. The van der Waals surface area contributed by atoms with Gasteiger partial charge in [0.1, 0.15) is 47.6 Å². The SMILES string of the molecule is CCN(CC)C(=O)/C(C#N)=C\c1cc(C)c(O)c([N+](=O)[O-])c1.CCN(CC)C(=O)/C(C#N)=C\c1cc(C)c(O)c([N+](=O)[O-])c1.CCN(CC)C(=O)/C(C#N)=C\c1cc(O)c(O)c([N+](=O)[O-])c1.CCN(CC)C(=O)CC#N.Cc1cc(C=O)cc([N+](=O)[O-])c1O. The summed E-state index contributed by atoms with van der Waals surface area (Å²) in [7, 11) is 0. The van der Waals surface area contributed by atoms with E-state index in [-0.39, 0.29) is 40.2 Å². The Morgan fingerprint density at radius 2 is 0.674 bits per heavy atom. The lowest BCUT2D eigenvalue weighted by Gasteiger charge is -2.17. The lowest BCUT2D eigenvalue weighted by atomic mass is 10.1. The van der Waals surface area contributed by atoms with Gasteiger partial charge in [-0.15, -0.1) is 0 Å². The van der Waals surface area contributed by atoms with Gasteiger partial charge in [-0.1, -0.05) is 0 Å². The molecule has 0 aliphatic heterocycles. The Balaban J connectivity index is 0.00000112. The first-order valence-corrected chi connectivity index (χ1v) is 26.8. The third-order valence-electron chi connectivity index (χ3n) is 12.4. The second-order valence-corrected chi connectivity index (χ2v) is 18.0. The molecule has 0 aliphatic rings. The molecule has 0 atom stereocenters. The van der Waals surface area contributed by atoms with Crippen LogP contribution in [0.5, 0.6) is 28.7 Å². The fourth-order valence-corrected chi connectivity index (χ4v) is 7.59. The monoisotopic (exact) mass is 1230 g/mol. The third kappa shape index (κ3) is 23.0. The van der Waals surface area contributed by atoms with Crippen molar-refractivity contribution in [2.24, 2.45) is 0 Å². The Morgan fingerprint density at radius 1 is 0.427 bits per heavy atom. The summed E-state index contributed by atoms with van der Waals surface area (Å²) in [5.41, 5.74) is -0.704. The number of amides is 4. The second kappa shape index (κ2) is 38.2. The van der Waals surface area contributed by atoms with E-state index in [4.69, 9.17) is 21.0 Å². The number of benzene rings is 4. The number of aromatic hydroxyl groups is 5. The number of likely N-dealkylation sites (N-methyl/N-ethyl adjacent to an activating group) is 3. The van der Waals surface area contributed by atoms with Gasteiger partial charge in [-0.3, -0.25) is 64.4 Å². The van der Waals surface area contributed by atoms with Crippen molar-refractivity contribution in [1.29, 1.82) is 21.0 Å². The molecule has 4 amide bonds. The Bertz CT molecular complexity index is 3270. The molecule has 5 N–H and O–H groups in total. The van der Waals surface area contributed by atoms with Crippen LogP contribution in [-0.2, 0) is 19.2 Å². The highest BCUT2D eigenvalue weighted by Crippen LogP contribution is 2.37. The molecule has 0 unspecified atom stereocenters. The Morgan fingerprint density at radius 3 is 0.910 bits per heavy atom. The highest BCUT2D eigenvalue weighted by Gasteiger charge is 2.24. The van der Waals surface area contributed by atoms with Crippen molar-refractivity contribution in [3.8, 4) is 53.0 Å². The number of nitro benzene ring substituents is 4. The molecule has 0 aliphatic carbocycles. The van der Waals surface area contributed by atoms with Crippen molar-refractivity contribution in [2.75, 3.05) is 52.4 Å². The first-order valence-electron chi connectivity index (χ1n) is 26.8. The molecule has 0 spiro atoms. The topological polar surface area (TPSA) is 467 Å². The van der Waals surface area contributed by atoms with Gasteiger partial charge < -0.3 is 45.1 Å². The molecule has 0 heterocycles. The van der Waals surface area contributed by atoms with Gasteiger partial charge in [-0.05, 0) is 152 Å². The minimum atomic E-state index is -0.870. The summed E-state index contributed by atoms with van der Waals surface area (Å²) in [6, 6.07) is 16.9. The summed E-state index contributed by atoms with van der Waals surface area (Å²) >= 11 is 0. The fourth-order valence-electron chi connectivity index (χ4n) is 7.59. The molecule has 4 aromatic rings. The molecule has 89 heavy (non-hydrogen) atoms. The number of nitro groups is 4. The number of nitrogens with zero attached hydrogens (tertiary/aromatic N) is 12. The van der Waals surface area contributed by atoms with E-state index in [1.165, 1.54) is 65.8 Å². The molecule has 4 rings (SSSR count). The molecule has 0 bridgehead atoms. The summed E-state index contributed by atoms with van der Waals surface area (Å²) in [5.74, 6) is -4.25. The molecule has 30 nitrogen and oxygen atoms in total. The lowest BCUT2D eigenvalue weighted by Crippen LogP contribution is -2.31. The summed E-state index contributed by atoms with van der Waals surface area (Å²) in [6.07, 6.45) is 4.22. The van der Waals surface area contributed by atoms with Crippen molar-refractivity contribution < 1.29 is 69.2 Å². The van der Waals surface area contributed by atoms with Crippen LogP contribution in [-0.4, -0.2) is 147 Å². The van der Waals surface area contributed by atoms with E-state index < -0.39 is 88.9 Å². The van der Waals surface area contributed by atoms with Crippen LogP contribution in [0.3, 0.4) is 0 Å². The van der Waals surface area contributed by atoms with Gasteiger partial charge >= 0.3 is 22.7 Å². The average molecular weight is 1230 g/mol. The van der Waals surface area contributed by atoms with Crippen LogP contribution in [0.25, 0.3) is 18.2 Å². The molecule has 0 saturated carbocycles. The van der Waals surface area contributed by atoms with Crippen LogP contribution < -0.4 is 0 Å². The second-order valence-electron chi connectivity index (χ2n) is 18.0. The molecule has 30 heteroatoms. The highest BCUT2D eigenvalue weighted by molar-refractivity contribution is 6.03. The molecule has 0 fully saturated rings. The molecule has 0 aromatic heterocycles. The maximum Gasteiger partial charge on any atom is 0.315 e. The van der Waals surface area contributed by atoms with Gasteiger partial charge in [0.15, 0.2) is 23.0 Å². The molecule has 0 saturated heterocycles. The predicted octanol–water partition coefficient (Wildman–Crippen LogP) is 8.74. The first kappa shape index (κ1) is 77.2. The lowest BCUT2D eigenvalue weighted by molar-refractivity contribution is -0.386. The fraction of sp³-hybridized carbons (Fsp3) is 0.339. The minimum absolute atomic E-state index is 0.00167. The Labute approximate surface area is 511 Å². The maximum absolute atomic E-state index is 12.2. The van der Waals surface area contributed by atoms with Crippen LogP contribution in [0.4, 0.5) is 22.7 Å². The summed E-state index contributed by atoms with van der Waals surface area (Å²) in [6.45, 7) is 23.1. The number of carbonyl (C=O) groups is 5. The number of phenols is 5. The number of hydrogen-bond acceptors (Lipinski definition) is 22. The summed E-state index contributed by atoms with van der Waals surface area (Å²) in [5, 5.41) is 126. The van der Waals surface area contributed by atoms with Crippen molar-refractivity contribution in [3.63, 3.8) is 0 Å². The number of rotatable bonds is 20. The Hall–Kier alpha value is -11.8. The van der Waals surface area contributed by atoms with Crippen molar-refractivity contribution in [3.05, 3.63) is 145 Å². The summed E-state index contributed by atoms with van der Waals surface area (Å²) < 4.78 is 0. The number of aldehydes is 1. The normalized spacial score (nSPS) is 10.4. The first-order chi connectivity index (χ1) is 41.9. The van der Waals surface area contributed by atoms with E-state index in [0.717, 1.165) is 36.4 Å². The number of phenolic OH excluding ortho intramolecular Hbond substituents is 5. The number of nitriles is 4. The van der Waals surface area contributed by atoms with Crippen LogP contribution in [0.15, 0.2) is 65.3 Å². The minimum Gasteiger partial charge on any atom is -0.504 e. The molecule has 4 aromatic carbocycles. The zero-order valence-corrected chi connectivity index (χ0v) is 50.7. The molecule has 0 radical (unpaired) electrons. The zero-order chi connectivity index (χ0) is 68.6. The van der Waals surface area contributed by atoms with Gasteiger partial charge in [-0.25, -0.2) is 0 Å².